The Morgan fingerprint density at radius 3 is 2.71 bits per heavy atom. The molecule has 0 spiro atoms. The van der Waals surface area contributed by atoms with E-state index in [9.17, 15) is 4.79 Å². The lowest BCUT2D eigenvalue weighted by atomic mass is 10.1. The minimum Gasteiger partial charge on any atom is -0.380 e. The van der Waals surface area contributed by atoms with Crippen LogP contribution in [-0.4, -0.2) is 27.8 Å². The van der Waals surface area contributed by atoms with Crippen LogP contribution in [0.1, 0.15) is 15.9 Å². The highest BCUT2D eigenvalue weighted by molar-refractivity contribution is 6.31. The van der Waals surface area contributed by atoms with Crippen molar-refractivity contribution in [3.05, 3.63) is 71.3 Å². The van der Waals surface area contributed by atoms with Crippen molar-refractivity contribution in [3.63, 3.8) is 0 Å². The first-order valence-electron chi connectivity index (χ1n) is 7.21. The summed E-state index contributed by atoms with van der Waals surface area (Å²) >= 11 is 6.05. The molecule has 0 radical (unpaired) electrons. The number of aromatic nitrogens is 3. The highest BCUT2D eigenvalue weighted by atomic mass is 35.5. The zero-order valence-electron chi connectivity index (χ0n) is 12.9. The van der Waals surface area contributed by atoms with Crippen molar-refractivity contribution < 1.29 is 9.53 Å². The molecule has 0 bridgehead atoms. The number of carbonyl (C=O) groups is 1. The van der Waals surface area contributed by atoms with Crippen LogP contribution in [0.3, 0.4) is 0 Å². The van der Waals surface area contributed by atoms with Gasteiger partial charge in [-0.15, -0.1) is 0 Å². The van der Waals surface area contributed by atoms with Gasteiger partial charge in [-0.2, -0.15) is 5.10 Å². The van der Waals surface area contributed by atoms with Crippen LogP contribution in [0.5, 0.6) is 0 Å². The molecule has 0 unspecified atom stereocenters. The van der Waals surface area contributed by atoms with Gasteiger partial charge in [0.1, 0.15) is 12.7 Å². The van der Waals surface area contributed by atoms with Crippen molar-refractivity contribution in [1.29, 1.82) is 0 Å². The van der Waals surface area contributed by atoms with E-state index >= 15 is 0 Å². The number of benzene rings is 2. The number of amides is 1. The van der Waals surface area contributed by atoms with Gasteiger partial charge in [-0.3, -0.25) is 4.79 Å². The maximum Gasteiger partial charge on any atom is 0.255 e. The molecule has 0 aliphatic rings. The average Bonchev–Trinajstić information content (AvgIpc) is 3.10. The fourth-order valence-electron chi connectivity index (χ4n) is 2.25. The normalized spacial score (nSPS) is 10.6. The van der Waals surface area contributed by atoms with E-state index in [0.717, 1.165) is 5.56 Å². The third-order valence-electron chi connectivity index (χ3n) is 3.40. The Labute approximate surface area is 144 Å². The molecule has 0 saturated heterocycles. The number of hydrogen-bond acceptors (Lipinski definition) is 4. The van der Waals surface area contributed by atoms with Crippen molar-refractivity contribution in [2.24, 2.45) is 0 Å². The molecule has 2 aromatic carbocycles. The van der Waals surface area contributed by atoms with Gasteiger partial charge in [0.2, 0.25) is 0 Å². The summed E-state index contributed by atoms with van der Waals surface area (Å²) < 4.78 is 6.63. The number of rotatable bonds is 5. The Morgan fingerprint density at radius 1 is 1.25 bits per heavy atom. The molecule has 122 valence electrons. The molecule has 0 saturated carbocycles. The molecule has 0 aliphatic carbocycles. The Kier molecular flexibility index (Phi) is 4.88. The van der Waals surface area contributed by atoms with Gasteiger partial charge in [0.15, 0.2) is 0 Å². The molecule has 0 aliphatic heterocycles. The molecule has 0 atom stereocenters. The molecular weight excluding hydrogens is 328 g/mol. The minimum atomic E-state index is -0.234. The van der Waals surface area contributed by atoms with E-state index < -0.39 is 0 Å². The van der Waals surface area contributed by atoms with Crippen LogP contribution in [0.25, 0.3) is 5.69 Å². The first kappa shape index (κ1) is 16.2. The lowest BCUT2D eigenvalue weighted by Gasteiger charge is -2.11. The van der Waals surface area contributed by atoms with Crippen LogP contribution in [0.15, 0.2) is 55.1 Å². The van der Waals surface area contributed by atoms with Gasteiger partial charge in [0.25, 0.3) is 5.91 Å². The van der Waals surface area contributed by atoms with E-state index in [1.54, 1.807) is 48.5 Å². The van der Waals surface area contributed by atoms with Gasteiger partial charge >= 0.3 is 0 Å². The Balaban J connectivity index is 1.85. The second-order valence-corrected chi connectivity index (χ2v) is 5.52. The second kappa shape index (κ2) is 7.25. The summed E-state index contributed by atoms with van der Waals surface area (Å²) in [6.45, 7) is 0.507. The molecular formula is C17H15ClN4O2. The smallest absolute Gasteiger partial charge is 0.255 e. The summed E-state index contributed by atoms with van der Waals surface area (Å²) in [6.07, 6.45) is 2.98. The van der Waals surface area contributed by atoms with Gasteiger partial charge in [-0.05, 0) is 35.9 Å². The summed E-state index contributed by atoms with van der Waals surface area (Å²) in [5.41, 5.74) is 2.78. The highest BCUT2D eigenvalue weighted by Crippen LogP contribution is 2.24. The standard InChI is InChI=1S/C17H15ClN4O2/c1-24-9-12-2-4-13(5-3-12)17(23)21-15-8-14(18)6-7-16(15)22-11-19-10-20-22/h2-8,10-11H,9H2,1H3,(H,21,23). The zero-order valence-corrected chi connectivity index (χ0v) is 13.7. The lowest BCUT2D eigenvalue weighted by Crippen LogP contribution is -2.14. The monoisotopic (exact) mass is 342 g/mol. The topological polar surface area (TPSA) is 69.0 Å². The number of nitrogens with one attached hydrogen (secondary N) is 1. The van der Waals surface area contributed by atoms with E-state index in [4.69, 9.17) is 16.3 Å². The average molecular weight is 343 g/mol. The quantitative estimate of drug-likeness (QED) is 0.772. The van der Waals surface area contributed by atoms with Crippen molar-refractivity contribution in [3.8, 4) is 5.69 Å². The number of ether oxygens (including phenoxy) is 1. The number of halogens is 1. The Morgan fingerprint density at radius 2 is 2.04 bits per heavy atom. The molecule has 1 N–H and O–H groups in total. The molecule has 6 nitrogen and oxygen atoms in total. The number of carbonyl (C=O) groups excluding carboxylic acids is 1. The molecule has 3 rings (SSSR count). The fraction of sp³-hybridized carbons (Fsp3) is 0.118. The van der Waals surface area contributed by atoms with E-state index in [1.807, 2.05) is 12.1 Å². The van der Waals surface area contributed by atoms with Crippen molar-refractivity contribution in [2.75, 3.05) is 12.4 Å². The van der Waals surface area contributed by atoms with E-state index in [-0.39, 0.29) is 5.91 Å². The molecule has 24 heavy (non-hydrogen) atoms. The number of methoxy groups -OCH3 is 1. The molecule has 1 amide bonds. The summed E-state index contributed by atoms with van der Waals surface area (Å²) in [5.74, 6) is -0.234. The van der Waals surface area contributed by atoms with Crippen LogP contribution in [0.2, 0.25) is 5.02 Å². The zero-order chi connectivity index (χ0) is 16.9. The summed E-state index contributed by atoms with van der Waals surface area (Å²) in [5, 5.41) is 7.47. The van der Waals surface area contributed by atoms with E-state index in [0.29, 0.717) is 28.6 Å². The predicted molar refractivity (Wildman–Crippen MR) is 91.5 cm³/mol. The van der Waals surface area contributed by atoms with Crippen LogP contribution < -0.4 is 5.32 Å². The van der Waals surface area contributed by atoms with Gasteiger partial charge < -0.3 is 10.1 Å². The minimum absolute atomic E-state index is 0.234. The highest BCUT2D eigenvalue weighted by Gasteiger charge is 2.11. The number of hydrogen-bond donors (Lipinski definition) is 1. The van der Waals surface area contributed by atoms with Gasteiger partial charge in [0.05, 0.1) is 18.0 Å². The molecule has 7 heteroatoms. The first-order chi connectivity index (χ1) is 11.7. The van der Waals surface area contributed by atoms with Crippen molar-refractivity contribution >= 4 is 23.2 Å². The Hall–Kier alpha value is -2.70. The fourth-order valence-corrected chi connectivity index (χ4v) is 2.43. The molecule has 0 fully saturated rings. The lowest BCUT2D eigenvalue weighted by molar-refractivity contribution is 0.102. The van der Waals surface area contributed by atoms with Gasteiger partial charge in [-0.1, -0.05) is 23.7 Å². The summed E-state index contributed by atoms with van der Waals surface area (Å²) in [6, 6.07) is 12.4. The van der Waals surface area contributed by atoms with Crippen molar-refractivity contribution in [1.82, 2.24) is 14.8 Å². The third kappa shape index (κ3) is 3.61. The first-order valence-corrected chi connectivity index (χ1v) is 7.59. The van der Waals surface area contributed by atoms with Crippen LogP contribution in [-0.2, 0) is 11.3 Å². The SMILES string of the molecule is COCc1ccc(C(=O)Nc2cc(Cl)ccc2-n2cncn2)cc1. The largest absolute Gasteiger partial charge is 0.380 e. The van der Waals surface area contributed by atoms with Gasteiger partial charge in [-0.25, -0.2) is 9.67 Å². The summed E-state index contributed by atoms with van der Waals surface area (Å²) in [4.78, 5) is 16.4. The van der Waals surface area contributed by atoms with Crippen LogP contribution >= 0.6 is 11.6 Å². The van der Waals surface area contributed by atoms with E-state index in [2.05, 4.69) is 15.4 Å². The van der Waals surface area contributed by atoms with Crippen molar-refractivity contribution in [2.45, 2.75) is 6.61 Å². The van der Waals surface area contributed by atoms with Gasteiger partial charge in [0, 0.05) is 17.7 Å². The van der Waals surface area contributed by atoms with E-state index in [1.165, 1.54) is 6.33 Å². The Bertz CT molecular complexity index is 832. The molecule has 3 aromatic rings. The molecule has 1 heterocycles. The predicted octanol–water partition coefficient (Wildman–Crippen LogP) is 3.32. The second-order valence-electron chi connectivity index (χ2n) is 5.09. The maximum atomic E-state index is 12.5. The number of anilines is 1. The third-order valence-corrected chi connectivity index (χ3v) is 3.63. The summed E-state index contributed by atoms with van der Waals surface area (Å²) in [7, 11) is 1.63. The maximum absolute atomic E-state index is 12.5. The van der Waals surface area contributed by atoms with Crippen LogP contribution in [0.4, 0.5) is 5.69 Å². The van der Waals surface area contributed by atoms with Crippen LogP contribution in [0, 0.1) is 0 Å². The molecule has 1 aromatic heterocycles. The number of nitrogens with zero attached hydrogens (tertiary/aromatic N) is 3.